The van der Waals surface area contributed by atoms with Crippen molar-refractivity contribution in [2.45, 2.75) is 0 Å². The number of H-pyrrole nitrogens is 1. The number of nitrogens with zero attached hydrogens (tertiary/aromatic N) is 2. The van der Waals surface area contributed by atoms with Crippen molar-refractivity contribution in [3.63, 3.8) is 0 Å². The Hall–Kier alpha value is -2.04. The minimum atomic E-state index is 0.687. The van der Waals surface area contributed by atoms with Crippen LogP contribution in [0, 0.1) is 0 Å². The van der Waals surface area contributed by atoms with Crippen LogP contribution in [0.1, 0.15) is 5.56 Å². The third-order valence-electron chi connectivity index (χ3n) is 3.03. The summed E-state index contributed by atoms with van der Waals surface area (Å²) in [6.45, 7) is 0.687. The summed E-state index contributed by atoms with van der Waals surface area (Å²) in [6, 6.07) is 7.70. The molecule has 1 aromatic heterocycles. The molecule has 0 spiro atoms. The van der Waals surface area contributed by atoms with E-state index in [0.29, 0.717) is 11.6 Å². The molecule has 0 radical (unpaired) electrons. The highest BCUT2D eigenvalue weighted by atomic mass is 35.5. The quantitative estimate of drug-likeness (QED) is 0.827. The number of hydrogen-bond donors (Lipinski definition) is 2. The van der Waals surface area contributed by atoms with Crippen LogP contribution in [-0.4, -0.2) is 21.8 Å². The summed E-state index contributed by atoms with van der Waals surface area (Å²) >= 11 is 6.03. The van der Waals surface area contributed by atoms with Gasteiger partial charge < -0.3 is 5.01 Å². The molecule has 1 aromatic carbocycles. The molecule has 4 nitrogen and oxygen atoms in total. The van der Waals surface area contributed by atoms with Gasteiger partial charge in [0.05, 0.1) is 18.4 Å². The summed E-state index contributed by atoms with van der Waals surface area (Å²) in [4.78, 5) is 0. The molecule has 5 heteroatoms. The van der Waals surface area contributed by atoms with Crippen LogP contribution in [0.5, 0.6) is 0 Å². The van der Waals surface area contributed by atoms with E-state index < -0.39 is 0 Å². The summed E-state index contributed by atoms with van der Waals surface area (Å²) in [5.41, 5.74) is 4.13. The molecule has 3 rings (SSSR count). The number of allylic oxidation sites excluding steroid dienone is 2. The standard InChI is InChI=1S/C14H13ClN4/c15-12-3-1-2-11(8-12)14-13(9-17-18-14)10-4-6-19(16)7-5-10/h1-6,8-9H,7,16H2,(H,17,18). The summed E-state index contributed by atoms with van der Waals surface area (Å²) in [5, 5.41) is 9.50. The van der Waals surface area contributed by atoms with Crippen LogP contribution in [0.2, 0.25) is 5.02 Å². The molecule has 96 valence electrons. The van der Waals surface area contributed by atoms with Gasteiger partial charge in [-0.2, -0.15) is 5.10 Å². The molecular weight excluding hydrogens is 260 g/mol. The maximum absolute atomic E-state index is 6.03. The molecule has 0 aliphatic carbocycles. The number of benzene rings is 1. The van der Waals surface area contributed by atoms with Crippen LogP contribution in [0.3, 0.4) is 0 Å². The SMILES string of the molecule is NN1C=CC(c2cn[nH]c2-c2cccc(Cl)c2)=CC1. The second-order valence-corrected chi connectivity index (χ2v) is 4.78. The zero-order valence-electron chi connectivity index (χ0n) is 10.2. The molecule has 0 bridgehead atoms. The largest absolute Gasteiger partial charge is 0.314 e. The Morgan fingerprint density at radius 3 is 3.00 bits per heavy atom. The Bertz CT molecular complexity index is 657. The van der Waals surface area contributed by atoms with E-state index >= 15 is 0 Å². The molecule has 1 aliphatic rings. The maximum Gasteiger partial charge on any atom is 0.0729 e. The van der Waals surface area contributed by atoms with E-state index in [1.807, 2.05) is 42.7 Å². The lowest BCUT2D eigenvalue weighted by Crippen LogP contribution is -2.26. The summed E-state index contributed by atoms with van der Waals surface area (Å²) in [7, 11) is 0. The topological polar surface area (TPSA) is 57.9 Å². The van der Waals surface area contributed by atoms with Crippen LogP contribution < -0.4 is 5.84 Å². The van der Waals surface area contributed by atoms with Gasteiger partial charge in [-0.05, 0) is 23.8 Å². The van der Waals surface area contributed by atoms with Gasteiger partial charge >= 0.3 is 0 Å². The van der Waals surface area contributed by atoms with Gasteiger partial charge in [-0.15, -0.1) is 0 Å². The number of aromatic amines is 1. The van der Waals surface area contributed by atoms with Gasteiger partial charge in [0.25, 0.3) is 0 Å². The molecular formula is C14H13ClN4. The van der Waals surface area contributed by atoms with Crippen molar-refractivity contribution in [1.82, 2.24) is 15.2 Å². The molecule has 0 amide bonds. The van der Waals surface area contributed by atoms with E-state index in [-0.39, 0.29) is 0 Å². The van der Waals surface area contributed by atoms with Crippen LogP contribution in [0.15, 0.2) is 48.8 Å². The molecule has 2 aromatic rings. The van der Waals surface area contributed by atoms with Crippen LogP contribution in [-0.2, 0) is 0 Å². The van der Waals surface area contributed by atoms with Crippen molar-refractivity contribution in [3.05, 3.63) is 59.4 Å². The molecule has 0 saturated heterocycles. The number of hydrazine groups is 1. The van der Waals surface area contributed by atoms with Crippen molar-refractivity contribution in [2.24, 2.45) is 5.84 Å². The summed E-state index contributed by atoms with van der Waals surface area (Å²) < 4.78 is 0. The highest BCUT2D eigenvalue weighted by Crippen LogP contribution is 2.29. The Balaban J connectivity index is 2.02. The first-order chi connectivity index (χ1) is 9.24. The number of aromatic nitrogens is 2. The first kappa shape index (κ1) is 12.0. The number of halogens is 1. The molecule has 2 heterocycles. The monoisotopic (exact) mass is 272 g/mol. The molecule has 0 unspecified atom stereocenters. The highest BCUT2D eigenvalue weighted by molar-refractivity contribution is 6.30. The highest BCUT2D eigenvalue weighted by Gasteiger charge is 2.12. The van der Waals surface area contributed by atoms with Crippen LogP contribution in [0.25, 0.3) is 16.8 Å². The Morgan fingerprint density at radius 2 is 2.26 bits per heavy atom. The first-order valence-corrected chi connectivity index (χ1v) is 6.31. The predicted molar refractivity (Wildman–Crippen MR) is 77.0 cm³/mol. The fraction of sp³-hybridized carbons (Fsp3) is 0.0714. The molecule has 1 aliphatic heterocycles. The zero-order chi connectivity index (χ0) is 13.2. The number of nitrogens with one attached hydrogen (secondary N) is 1. The Morgan fingerprint density at radius 1 is 1.37 bits per heavy atom. The lowest BCUT2D eigenvalue weighted by atomic mass is 10.0. The maximum atomic E-state index is 6.03. The first-order valence-electron chi connectivity index (χ1n) is 5.93. The Kier molecular flexibility index (Phi) is 3.11. The van der Waals surface area contributed by atoms with Gasteiger partial charge in [-0.3, -0.25) is 5.10 Å². The fourth-order valence-electron chi connectivity index (χ4n) is 2.08. The molecule has 0 atom stereocenters. The molecule has 3 N–H and O–H groups in total. The van der Waals surface area contributed by atoms with Crippen molar-refractivity contribution in [3.8, 4) is 11.3 Å². The third-order valence-corrected chi connectivity index (χ3v) is 3.27. The minimum absolute atomic E-state index is 0.687. The van der Waals surface area contributed by atoms with Gasteiger partial charge in [0.15, 0.2) is 0 Å². The zero-order valence-corrected chi connectivity index (χ0v) is 10.9. The molecule has 0 fully saturated rings. The number of hydrogen-bond acceptors (Lipinski definition) is 3. The van der Waals surface area contributed by atoms with Crippen LogP contribution >= 0.6 is 11.6 Å². The number of rotatable bonds is 2. The molecule has 0 saturated carbocycles. The van der Waals surface area contributed by atoms with Crippen molar-refractivity contribution in [1.29, 1.82) is 0 Å². The predicted octanol–water partition coefficient (Wildman–Crippen LogP) is 2.82. The van der Waals surface area contributed by atoms with Gasteiger partial charge in [0.1, 0.15) is 0 Å². The third kappa shape index (κ3) is 2.41. The molecule has 19 heavy (non-hydrogen) atoms. The fourth-order valence-corrected chi connectivity index (χ4v) is 2.27. The van der Waals surface area contributed by atoms with E-state index in [1.54, 1.807) is 5.01 Å². The van der Waals surface area contributed by atoms with Crippen molar-refractivity contribution < 1.29 is 0 Å². The van der Waals surface area contributed by atoms with Gasteiger partial charge in [0, 0.05) is 22.3 Å². The summed E-state index contributed by atoms with van der Waals surface area (Å²) in [6.07, 6.45) is 7.71. The van der Waals surface area contributed by atoms with E-state index in [1.165, 1.54) is 0 Å². The average molecular weight is 273 g/mol. The van der Waals surface area contributed by atoms with Crippen molar-refractivity contribution in [2.75, 3.05) is 6.54 Å². The lowest BCUT2D eigenvalue weighted by Gasteiger charge is -2.16. The van der Waals surface area contributed by atoms with Gasteiger partial charge in [-0.25, -0.2) is 5.84 Å². The van der Waals surface area contributed by atoms with Crippen LogP contribution in [0.4, 0.5) is 0 Å². The summed E-state index contributed by atoms with van der Waals surface area (Å²) in [5.74, 6) is 5.68. The number of nitrogens with two attached hydrogens (primary N) is 1. The van der Waals surface area contributed by atoms with Crippen molar-refractivity contribution >= 4 is 17.2 Å². The van der Waals surface area contributed by atoms with E-state index in [2.05, 4.69) is 16.3 Å². The van der Waals surface area contributed by atoms with E-state index in [4.69, 9.17) is 17.4 Å². The van der Waals surface area contributed by atoms with E-state index in [9.17, 15) is 0 Å². The lowest BCUT2D eigenvalue weighted by molar-refractivity contribution is 0.435. The second-order valence-electron chi connectivity index (χ2n) is 4.34. The van der Waals surface area contributed by atoms with Gasteiger partial charge in [0.2, 0.25) is 0 Å². The van der Waals surface area contributed by atoms with E-state index in [0.717, 1.165) is 22.4 Å². The normalized spacial score (nSPS) is 14.6. The van der Waals surface area contributed by atoms with Gasteiger partial charge in [-0.1, -0.05) is 29.8 Å². The Labute approximate surface area is 116 Å². The minimum Gasteiger partial charge on any atom is -0.314 e. The smallest absolute Gasteiger partial charge is 0.0729 e. The average Bonchev–Trinajstić information content (AvgIpc) is 2.89. The second kappa shape index (κ2) is 4.91.